The molecule has 1 fully saturated rings. The van der Waals surface area contributed by atoms with Crippen LogP contribution in [-0.2, 0) is 6.54 Å². The van der Waals surface area contributed by atoms with Gasteiger partial charge < -0.3 is 24.4 Å². The Balaban J connectivity index is 1.43. The van der Waals surface area contributed by atoms with Crippen LogP contribution in [0, 0.1) is 29.6 Å². The summed E-state index contributed by atoms with van der Waals surface area (Å²) >= 11 is 0. The van der Waals surface area contributed by atoms with Gasteiger partial charge >= 0.3 is 0 Å². The highest BCUT2D eigenvalue weighted by Gasteiger charge is 2.48. The summed E-state index contributed by atoms with van der Waals surface area (Å²) in [5.41, 5.74) is 2.50. The fourth-order valence-corrected chi connectivity index (χ4v) is 3.56. The van der Waals surface area contributed by atoms with Crippen molar-refractivity contribution >= 4 is 0 Å². The number of imidazole rings is 1. The minimum atomic E-state index is -0.652. The molecule has 0 aliphatic heterocycles. The zero-order chi connectivity index (χ0) is 20.4. The van der Waals surface area contributed by atoms with E-state index in [0.29, 0.717) is 18.1 Å². The summed E-state index contributed by atoms with van der Waals surface area (Å²) in [5, 5.41) is 32.4. The summed E-state index contributed by atoms with van der Waals surface area (Å²) in [6, 6.07) is 9.54. The molecule has 0 spiro atoms. The van der Waals surface area contributed by atoms with E-state index in [0.717, 1.165) is 16.8 Å². The lowest BCUT2D eigenvalue weighted by Gasteiger charge is -2.07. The van der Waals surface area contributed by atoms with E-state index in [2.05, 4.69) is 22.0 Å². The Hall–Kier alpha value is -2.92. The van der Waals surface area contributed by atoms with Gasteiger partial charge in [-0.05, 0) is 31.2 Å². The molecule has 3 aromatic rings. The van der Waals surface area contributed by atoms with Gasteiger partial charge in [-0.25, -0.2) is 4.98 Å². The summed E-state index contributed by atoms with van der Waals surface area (Å²) < 4.78 is 7.30. The summed E-state index contributed by atoms with van der Waals surface area (Å²) in [6.45, 7) is 2.27. The van der Waals surface area contributed by atoms with Crippen molar-refractivity contribution < 1.29 is 19.8 Å². The highest BCUT2D eigenvalue weighted by Crippen LogP contribution is 2.44. The van der Waals surface area contributed by atoms with Gasteiger partial charge in [0.25, 0.3) is 0 Å². The summed E-state index contributed by atoms with van der Waals surface area (Å²) in [4.78, 5) is 4.15. The molecular weight excluding hydrogens is 370 g/mol. The van der Waals surface area contributed by atoms with Crippen molar-refractivity contribution in [2.45, 2.75) is 19.6 Å². The van der Waals surface area contributed by atoms with Gasteiger partial charge in [0.05, 0.1) is 6.54 Å². The minimum Gasteiger partial charge on any atom is -0.396 e. The Labute approximate surface area is 168 Å². The molecule has 0 radical (unpaired) electrons. The number of nitrogens with zero attached hydrogens (tertiary/aromatic N) is 3. The molecule has 3 N–H and O–H groups in total. The Kier molecular flexibility index (Phi) is 5.49. The van der Waals surface area contributed by atoms with Crippen LogP contribution in [0.4, 0.5) is 0 Å². The molecule has 0 amide bonds. The lowest BCUT2D eigenvalue weighted by Crippen LogP contribution is -2.07. The molecule has 0 saturated heterocycles. The molecule has 3 atom stereocenters. The van der Waals surface area contributed by atoms with Crippen molar-refractivity contribution in [1.29, 1.82) is 0 Å². The van der Waals surface area contributed by atoms with E-state index < -0.39 is 6.10 Å². The van der Waals surface area contributed by atoms with Gasteiger partial charge in [0, 0.05) is 60.6 Å². The van der Waals surface area contributed by atoms with Crippen LogP contribution >= 0.6 is 0 Å². The average molecular weight is 393 g/mol. The molecule has 2 unspecified atom stereocenters. The Morgan fingerprint density at radius 3 is 2.55 bits per heavy atom. The monoisotopic (exact) mass is 393 g/mol. The maximum absolute atomic E-state index is 9.76. The lowest BCUT2D eigenvalue weighted by atomic mass is 10.1. The molecule has 1 aliphatic rings. The molecule has 1 saturated carbocycles. The first-order valence-corrected chi connectivity index (χ1v) is 9.59. The van der Waals surface area contributed by atoms with Crippen LogP contribution < -0.4 is 0 Å². The van der Waals surface area contributed by atoms with Crippen LogP contribution in [0.2, 0.25) is 0 Å². The topological polar surface area (TPSA) is 105 Å². The number of hydrogen-bond donors (Lipinski definition) is 3. The van der Waals surface area contributed by atoms with Gasteiger partial charge in [-0.2, -0.15) is 0 Å². The first-order valence-electron chi connectivity index (χ1n) is 9.59. The van der Waals surface area contributed by atoms with Crippen molar-refractivity contribution in [3.63, 3.8) is 0 Å². The largest absolute Gasteiger partial charge is 0.396 e. The van der Waals surface area contributed by atoms with Crippen LogP contribution in [0.1, 0.15) is 30.1 Å². The van der Waals surface area contributed by atoms with Gasteiger partial charge in [0.15, 0.2) is 5.76 Å². The highest BCUT2D eigenvalue weighted by atomic mass is 16.5. The molecule has 7 nitrogen and oxygen atoms in total. The molecule has 150 valence electrons. The van der Waals surface area contributed by atoms with Crippen molar-refractivity contribution in [3.05, 3.63) is 59.8 Å². The number of aromatic nitrogens is 3. The first kappa shape index (κ1) is 19.4. The Morgan fingerprint density at radius 2 is 1.90 bits per heavy atom. The fraction of sp³-hybridized carbons (Fsp3) is 0.364. The van der Waals surface area contributed by atoms with Gasteiger partial charge in [0.1, 0.15) is 17.6 Å². The van der Waals surface area contributed by atoms with Gasteiger partial charge in [-0.15, -0.1) is 0 Å². The van der Waals surface area contributed by atoms with Crippen LogP contribution in [0.15, 0.2) is 47.2 Å². The fourth-order valence-electron chi connectivity index (χ4n) is 3.56. The zero-order valence-corrected chi connectivity index (χ0v) is 16.1. The minimum absolute atomic E-state index is 0.0646. The maximum Gasteiger partial charge on any atom is 0.167 e. The average Bonchev–Trinajstić information content (AvgIpc) is 3.03. The first-order chi connectivity index (χ1) is 14.1. The summed E-state index contributed by atoms with van der Waals surface area (Å²) in [6.07, 6.45) is 2.79. The third-order valence-electron chi connectivity index (χ3n) is 5.32. The highest BCUT2D eigenvalue weighted by molar-refractivity contribution is 5.59. The molecule has 4 rings (SSSR count). The molecule has 2 heterocycles. The smallest absolute Gasteiger partial charge is 0.167 e. The van der Waals surface area contributed by atoms with Gasteiger partial charge in [-0.3, -0.25) is 0 Å². The van der Waals surface area contributed by atoms with E-state index in [9.17, 15) is 15.3 Å². The number of aliphatic hydroxyl groups is 3. The zero-order valence-electron chi connectivity index (χ0n) is 16.1. The van der Waals surface area contributed by atoms with Gasteiger partial charge in [0.2, 0.25) is 0 Å². The Morgan fingerprint density at radius 1 is 1.17 bits per heavy atom. The number of rotatable bonds is 6. The van der Waals surface area contributed by atoms with Crippen molar-refractivity contribution in [2.75, 3.05) is 13.2 Å². The molecule has 1 aliphatic carbocycles. The van der Waals surface area contributed by atoms with Crippen LogP contribution in [0.25, 0.3) is 11.3 Å². The molecule has 1 aromatic carbocycles. The third kappa shape index (κ3) is 4.10. The number of hydrogen-bond acceptors (Lipinski definition) is 6. The SMILES string of the molecule is C[C@H](O)c1nccn1Cc1cc(-c2ccc(C#CC3C(CO)C3CO)cc2)on1. The molecular formula is C22H23N3O4. The maximum atomic E-state index is 9.76. The van der Waals surface area contributed by atoms with Gasteiger partial charge in [-0.1, -0.05) is 17.0 Å². The molecule has 2 aromatic heterocycles. The van der Waals surface area contributed by atoms with E-state index in [4.69, 9.17) is 4.52 Å². The second-order valence-corrected chi connectivity index (χ2v) is 7.34. The number of benzene rings is 1. The van der Waals surface area contributed by atoms with Crippen LogP contribution in [-0.4, -0.2) is 43.2 Å². The van der Waals surface area contributed by atoms with Crippen LogP contribution in [0.5, 0.6) is 0 Å². The van der Waals surface area contributed by atoms with Crippen molar-refractivity contribution in [1.82, 2.24) is 14.7 Å². The second-order valence-electron chi connectivity index (χ2n) is 7.34. The third-order valence-corrected chi connectivity index (χ3v) is 5.32. The van der Waals surface area contributed by atoms with E-state index in [1.54, 1.807) is 19.3 Å². The quantitative estimate of drug-likeness (QED) is 0.552. The predicted octanol–water partition coefficient (Wildman–Crippen LogP) is 1.84. The molecule has 29 heavy (non-hydrogen) atoms. The predicted molar refractivity (Wildman–Crippen MR) is 105 cm³/mol. The normalized spacial score (nSPS) is 21.4. The standard InChI is InChI=1S/C22H23N3O4/c1-14(28)22-23-8-9-25(22)11-17-10-21(29-24-17)16-5-2-15(3-6-16)4-7-18-19(12-26)20(18)13-27/h2-3,5-6,8-10,14,18-20,26-28H,11-13H2,1H3/t14-,18?,19?,20?/m0/s1. The van der Waals surface area contributed by atoms with Crippen molar-refractivity contribution in [2.24, 2.45) is 17.8 Å². The number of aliphatic hydroxyl groups excluding tert-OH is 3. The second kappa shape index (κ2) is 8.21. The Bertz CT molecular complexity index is 1020. The van der Waals surface area contributed by atoms with E-state index in [-0.39, 0.29) is 31.0 Å². The van der Waals surface area contributed by atoms with Crippen molar-refractivity contribution in [3.8, 4) is 23.2 Å². The summed E-state index contributed by atoms with van der Waals surface area (Å²) in [5.74, 6) is 7.73. The lowest BCUT2D eigenvalue weighted by molar-refractivity contribution is 0.184. The van der Waals surface area contributed by atoms with E-state index >= 15 is 0 Å². The van der Waals surface area contributed by atoms with E-state index in [1.165, 1.54) is 0 Å². The van der Waals surface area contributed by atoms with Crippen LogP contribution in [0.3, 0.4) is 0 Å². The van der Waals surface area contributed by atoms with E-state index in [1.807, 2.05) is 34.9 Å². The summed E-state index contributed by atoms with van der Waals surface area (Å²) in [7, 11) is 0. The molecule has 0 bridgehead atoms. The molecule has 7 heteroatoms.